The Hall–Kier alpha value is -8.54. The molecule has 0 aliphatic heterocycles. The lowest BCUT2D eigenvalue weighted by atomic mass is 10.0. The maximum atomic E-state index is 14.6. The molecule has 8 atom stereocenters. The highest BCUT2D eigenvalue weighted by atomic mass is 16.4. The fourth-order valence-electron chi connectivity index (χ4n) is 8.64. The van der Waals surface area contributed by atoms with Gasteiger partial charge in [-0.3, -0.25) is 43.2 Å². The van der Waals surface area contributed by atoms with Gasteiger partial charge < -0.3 is 69.7 Å². The van der Waals surface area contributed by atoms with Crippen molar-refractivity contribution in [1.82, 2.24) is 37.2 Å². The smallest absolute Gasteiger partial charge is 0.326 e. The monoisotopic (exact) mass is 1120 g/mol. The zero-order chi connectivity index (χ0) is 59.1. The zero-order valence-corrected chi connectivity index (χ0v) is 45.1. The molecule has 0 aliphatic carbocycles. The van der Waals surface area contributed by atoms with Crippen molar-refractivity contribution in [2.75, 3.05) is 13.1 Å². The largest absolute Gasteiger partial charge is 0.481 e. The fraction of sp³-hybridized carbons (Fsp3) is 0.414. The molecule has 0 fully saturated rings. The molecule has 4 aromatic carbocycles. The Morgan fingerprint density at radius 3 is 0.901 bits per heavy atom. The standard InChI is InChI=1S/C58H76N10O13/c59-31-15-13-25-42(52(74)66-48(36-40-23-11-4-12-24-40)57(79)65-45(58(80)81)26-14-16-32-60)63-55(77)46(34-38-19-7-2-8-20-38)68-54(76)44(28-30-50(71)72)64-56(78)47(35-39-21-9-3-10-22-39)67-53(75)43(27-29-49(69)70)62-51(73)41(61)33-37-17-5-1-6-18-37/h1-12,17-24,41-48H,13-16,25-36,59-61H2,(H,62,73)(H,63,77)(H,64,78)(H,65,79)(H,66,74)(H,67,75)(H,68,76)(H,69,70)(H,71,72)(H,80,81)/t41-,42-,43-,44-,45-,46-,47-,48-/m0/s1. The molecule has 0 radical (unpaired) electrons. The van der Waals surface area contributed by atoms with Gasteiger partial charge in [0.15, 0.2) is 0 Å². The molecular formula is C58H76N10O13. The van der Waals surface area contributed by atoms with Crippen molar-refractivity contribution in [2.24, 2.45) is 17.2 Å². The molecule has 4 aromatic rings. The number of carbonyl (C=O) groups is 10. The van der Waals surface area contributed by atoms with Gasteiger partial charge in [0.05, 0.1) is 6.04 Å². The molecular weight excluding hydrogens is 1040 g/mol. The molecule has 0 saturated heterocycles. The van der Waals surface area contributed by atoms with E-state index in [1.165, 1.54) is 0 Å². The summed E-state index contributed by atoms with van der Waals surface area (Å²) in [7, 11) is 0. The van der Waals surface area contributed by atoms with Crippen LogP contribution in [0.1, 0.15) is 86.5 Å². The van der Waals surface area contributed by atoms with Crippen molar-refractivity contribution in [3.63, 3.8) is 0 Å². The van der Waals surface area contributed by atoms with Crippen LogP contribution in [0.5, 0.6) is 0 Å². The Morgan fingerprint density at radius 2 is 0.593 bits per heavy atom. The number of hydrogen-bond acceptors (Lipinski definition) is 13. The van der Waals surface area contributed by atoms with Crippen LogP contribution in [0.15, 0.2) is 121 Å². The van der Waals surface area contributed by atoms with Gasteiger partial charge in [0.25, 0.3) is 0 Å². The van der Waals surface area contributed by atoms with E-state index in [1.54, 1.807) is 121 Å². The molecule has 0 aromatic heterocycles. The van der Waals surface area contributed by atoms with Crippen LogP contribution >= 0.6 is 0 Å². The lowest BCUT2D eigenvalue weighted by molar-refractivity contribution is -0.142. The van der Waals surface area contributed by atoms with Crippen molar-refractivity contribution in [1.29, 1.82) is 0 Å². The van der Waals surface area contributed by atoms with Gasteiger partial charge in [0.2, 0.25) is 41.4 Å². The van der Waals surface area contributed by atoms with Crippen molar-refractivity contribution < 1.29 is 63.3 Å². The van der Waals surface area contributed by atoms with E-state index in [1.807, 2.05) is 0 Å². The highest BCUT2D eigenvalue weighted by molar-refractivity contribution is 5.98. The normalized spacial score (nSPS) is 13.9. The molecule has 436 valence electrons. The first-order valence-electron chi connectivity index (χ1n) is 27.0. The number of carboxylic acid groups (broad SMARTS) is 3. The van der Waals surface area contributed by atoms with Crippen LogP contribution in [0, 0.1) is 0 Å². The lowest BCUT2D eigenvalue weighted by Gasteiger charge is -2.28. The quantitative estimate of drug-likeness (QED) is 0.0277. The third kappa shape index (κ3) is 24.2. The summed E-state index contributed by atoms with van der Waals surface area (Å²) in [5.41, 5.74) is 20.0. The highest BCUT2D eigenvalue weighted by Crippen LogP contribution is 2.13. The Bertz CT molecular complexity index is 2670. The summed E-state index contributed by atoms with van der Waals surface area (Å²) in [6, 6.07) is 23.0. The van der Waals surface area contributed by atoms with E-state index in [0.717, 1.165) is 5.56 Å². The van der Waals surface area contributed by atoms with Gasteiger partial charge in [-0.05, 0) is 93.1 Å². The number of nitrogens with two attached hydrogens (primary N) is 3. The molecule has 16 N–H and O–H groups in total. The first-order valence-corrected chi connectivity index (χ1v) is 27.0. The molecule has 0 heterocycles. The number of unbranched alkanes of at least 4 members (excludes halogenated alkanes) is 2. The molecule has 7 amide bonds. The number of carboxylic acids is 3. The van der Waals surface area contributed by atoms with E-state index >= 15 is 0 Å². The van der Waals surface area contributed by atoms with E-state index in [0.29, 0.717) is 48.9 Å². The summed E-state index contributed by atoms with van der Waals surface area (Å²) in [5, 5.41) is 47.5. The summed E-state index contributed by atoms with van der Waals surface area (Å²) in [4.78, 5) is 135. The summed E-state index contributed by atoms with van der Waals surface area (Å²) < 4.78 is 0. The maximum absolute atomic E-state index is 14.6. The van der Waals surface area contributed by atoms with Crippen molar-refractivity contribution in [3.8, 4) is 0 Å². The lowest BCUT2D eigenvalue weighted by Crippen LogP contribution is -2.61. The Kier molecular flexibility index (Phi) is 28.2. The number of benzene rings is 4. The third-order valence-corrected chi connectivity index (χ3v) is 13.1. The van der Waals surface area contributed by atoms with Crippen LogP contribution < -0.4 is 54.4 Å². The van der Waals surface area contributed by atoms with E-state index in [4.69, 9.17) is 17.2 Å². The second kappa shape index (κ2) is 35.2. The second-order valence-corrected chi connectivity index (χ2v) is 19.6. The molecule has 81 heavy (non-hydrogen) atoms. The molecule has 0 spiro atoms. The van der Waals surface area contributed by atoms with Crippen LogP contribution in [0.4, 0.5) is 0 Å². The minimum absolute atomic E-state index is 0.00441. The van der Waals surface area contributed by atoms with Crippen molar-refractivity contribution in [2.45, 2.75) is 138 Å². The summed E-state index contributed by atoms with van der Waals surface area (Å²) in [6.45, 7) is 0.552. The van der Waals surface area contributed by atoms with Gasteiger partial charge in [-0.2, -0.15) is 0 Å². The van der Waals surface area contributed by atoms with Crippen LogP contribution in [0.3, 0.4) is 0 Å². The minimum atomic E-state index is -1.67. The molecule has 0 bridgehead atoms. The van der Waals surface area contributed by atoms with Crippen LogP contribution in [-0.2, 0) is 73.6 Å². The van der Waals surface area contributed by atoms with Gasteiger partial charge in [-0.15, -0.1) is 0 Å². The fourth-order valence-corrected chi connectivity index (χ4v) is 8.64. The van der Waals surface area contributed by atoms with Gasteiger partial charge in [0, 0.05) is 32.1 Å². The van der Waals surface area contributed by atoms with Gasteiger partial charge in [0.1, 0.15) is 42.3 Å². The number of nitrogens with one attached hydrogen (secondary N) is 7. The zero-order valence-electron chi connectivity index (χ0n) is 45.1. The van der Waals surface area contributed by atoms with Crippen LogP contribution in [-0.4, -0.2) is 136 Å². The number of carbonyl (C=O) groups excluding carboxylic acids is 7. The Labute approximate surface area is 470 Å². The summed E-state index contributed by atoms with van der Waals surface area (Å²) >= 11 is 0. The summed E-state index contributed by atoms with van der Waals surface area (Å²) in [5.74, 6) is -10.1. The Balaban J connectivity index is 1.64. The average Bonchev–Trinajstić information content (AvgIpc) is 3.46. The number of rotatable bonds is 37. The minimum Gasteiger partial charge on any atom is -0.481 e. The molecule has 0 aliphatic rings. The SMILES string of the molecule is NCCCC[C@H](NC(=O)[C@H](Cc1ccccc1)NC(=O)[C@H](CCCCN)NC(=O)[C@H](Cc1ccccc1)NC(=O)[C@H](CCC(=O)O)NC(=O)[C@H](Cc1ccccc1)NC(=O)[C@H](CCC(=O)O)NC(=O)[C@@H](N)Cc1ccccc1)C(=O)O. The number of amides is 7. The second-order valence-electron chi connectivity index (χ2n) is 19.6. The number of hydrogen-bond donors (Lipinski definition) is 13. The van der Waals surface area contributed by atoms with Crippen molar-refractivity contribution >= 4 is 59.3 Å². The topological polar surface area (TPSA) is 394 Å². The van der Waals surface area contributed by atoms with E-state index in [2.05, 4.69) is 37.2 Å². The first kappa shape index (κ1) is 65.0. The van der Waals surface area contributed by atoms with E-state index in [9.17, 15) is 63.3 Å². The highest BCUT2D eigenvalue weighted by Gasteiger charge is 2.35. The predicted molar refractivity (Wildman–Crippen MR) is 299 cm³/mol. The number of aliphatic carboxylic acids is 3. The average molecular weight is 1120 g/mol. The maximum Gasteiger partial charge on any atom is 0.326 e. The van der Waals surface area contributed by atoms with Crippen molar-refractivity contribution in [3.05, 3.63) is 144 Å². The van der Waals surface area contributed by atoms with Crippen LogP contribution in [0.25, 0.3) is 0 Å². The van der Waals surface area contributed by atoms with E-state index in [-0.39, 0.29) is 45.1 Å². The predicted octanol–water partition coefficient (Wildman–Crippen LogP) is 0.750. The Morgan fingerprint density at radius 1 is 0.333 bits per heavy atom. The van der Waals surface area contributed by atoms with E-state index < -0.39 is 133 Å². The first-order chi connectivity index (χ1) is 38.9. The van der Waals surface area contributed by atoms with Gasteiger partial charge in [-0.25, -0.2) is 4.79 Å². The molecule has 0 saturated carbocycles. The molecule has 0 unspecified atom stereocenters. The molecule has 23 heteroatoms. The molecule has 23 nitrogen and oxygen atoms in total. The van der Waals surface area contributed by atoms with Crippen LogP contribution in [0.2, 0.25) is 0 Å². The van der Waals surface area contributed by atoms with Gasteiger partial charge in [-0.1, -0.05) is 121 Å². The third-order valence-electron chi connectivity index (χ3n) is 13.1. The molecule has 4 rings (SSSR count). The van der Waals surface area contributed by atoms with Gasteiger partial charge >= 0.3 is 17.9 Å². The summed E-state index contributed by atoms with van der Waals surface area (Å²) in [6.07, 6.45) is -0.736.